The molecule has 2 aliphatic rings. The number of pyridine rings is 1. The third-order valence-electron chi connectivity index (χ3n) is 4.62. The number of hydrogen-bond acceptors (Lipinski definition) is 3. The molecule has 118 valence electrons. The molecule has 0 aromatic carbocycles. The first-order chi connectivity index (χ1) is 10.6. The molecule has 2 N–H and O–H groups in total. The van der Waals surface area contributed by atoms with Crippen LogP contribution in [0.1, 0.15) is 53.7 Å². The Morgan fingerprint density at radius 3 is 2.73 bits per heavy atom. The van der Waals surface area contributed by atoms with Gasteiger partial charge in [-0.1, -0.05) is 6.42 Å². The van der Waals surface area contributed by atoms with Gasteiger partial charge in [-0.25, -0.2) is 4.79 Å². The fraction of sp³-hybridized carbons (Fsp3) is 0.562. The molecule has 1 aliphatic heterocycles. The van der Waals surface area contributed by atoms with Crippen LogP contribution in [0.4, 0.5) is 0 Å². The number of fused-ring (bicyclic) bond motifs is 1. The molecule has 1 aliphatic carbocycles. The van der Waals surface area contributed by atoms with Gasteiger partial charge >= 0.3 is 5.97 Å². The Balaban J connectivity index is 1.94. The lowest BCUT2D eigenvalue weighted by molar-refractivity contribution is -0.141. The van der Waals surface area contributed by atoms with Gasteiger partial charge < -0.3 is 15.0 Å². The maximum atomic E-state index is 12.6. The van der Waals surface area contributed by atoms with Crippen molar-refractivity contribution in [2.45, 2.75) is 51.0 Å². The number of aryl methyl sites for hydroxylation is 2. The van der Waals surface area contributed by atoms with Gasteiger partial charge in [0.2, 0.25) is 0 Å². The molecule has 6 nitrogen and oxygen atoms in total. The predicted octanol–water partition coefficient (Wildman–Crippen LogP) is 1.33. The Morgan fingerprint density at radius 2 is 1.95 bits per heavy atom. The minimum absolute atomic E-state index is 0.0776. The number of aliphatic carboxylic acids is 1. The van der Waals surface area contributed by atoms with Gasteiger partial charge in [0.05, 0.1) is 0 Å². The number of nitrogens with zero attached hydrogens (tertiary/aromatic N) is 1. The molecule has 1 amide bonds. The molecule has 1 atom stereocenters. The molecule has 0 spiro atoms. The molecule has 1 aromatic rings. The number of carboxylic acid groups (broad SMARTS) is 1. The predicted molar refractivity (Wildman–Crippen MR) is 80.0 cm³/mol. The number of rotatable bonds is 2. The van der Waals surface area contributed by atoms with Crippen molar-refractivity contribution in [1.29, 1.82) is 0 Å². The second-order valence-electron chi connectivity index (χ2n) is 6.07. The second-order valence-corrected chi connectivity index (χ2v) is 6.07. The number of amides is 1. The Hall–Kier alpha value is -2.11. The first-order valence-electron chi connectivity index (χ1n) is 7.87. The van der Waals surface area contributed by atoms with Gasteiger partial charge in [0.1, 0.15) is 11.6 Å². The van der Waals surface area contributed by atoms with Crippen LogP contribution in [0.2, 0.25) is 0 Å². The van der Waals surface area contributed by atoms with Gasteiger partial charge in [-0.3, -0.25) is 9.59 Å². The molecule has 0 saturated carbocycles. The van der Waals surface area contributed by atoms with Crippen molar-refractivity contribution in [2.75, 3.05) is 6.54 Å². The second kappa shape index (κ2) is 5.94. The number of carbonyl (C=O) groups excluding carboxylic acids is 1. The van der Waals surface area contributed by atoms with Gasteiger partial charge in [-0.05, 0) is 50.2 Å². The van der Waals surface area contributed by atoms with Gasteiger partial charge in [-0.15, -0.1) is 0 Å². The lowest BCUT2D eigenvalue weighted by atomic mass is 10.1. The normalized spacial score (nSPS) is 21.3. The Morgan fingerprint density at radius 1 is 1.18 bits per heavy atom. The average molecular weight is 304 g/mol. The highest BCUT2D eigenvalue weighted by atomic mass is 16.4. The number of aromatic amines is 1. The molecule has 1 saturated heterocycles. The van der Waals surface area contributed by atoms with Gasteiger partial charge in [0, 0.05) is 12.2 Å². The number of likely N-dealkylation sites (tertiary alicyclic amines) is 1. The first kappa shape index (κ1) is 14.8. The van der Waals surface area contributed by atoms with E-state index in [0.717, 1.165) is 43.4 Å². The van der Waals surface area contributed by atoms with Crippen LogP contribution in [-0.4, -0.2) is 39.5 Å². The Kier molecular flexibility index (Phi) is 4.00. The third kappa shape index (κ3) is 2.65. The number of carbonyl (C=O) groups is 2. The summed E-state index contributed by atoms with van der Waals surface area (Å²) < 4.78 is 0. The zero-order chi connectivity index (χ0) is 15.7. The van der Waals surface area contributed by atoms with Crippen LogP contribution in [0.25, 0.3) is 0 Å². The van der Waals surface area contributed by atoms with E-state index in [1.807, 2.05) is 0 Å². The molecule has 0 unspecified atom stereocenters. The minimum atomic E-state index is -1.00. The van der Waals surface area contributed by atoms with E-state index in [9.17, 15) is 19.5 Å². The lowest BCUT2D eigenvalue weighted by Gasteiger charge is -2.21. The third-order valence-corrected chi connectivity index (χ3v) is 4.62. The molecule has 0 bridgehead atoms. The van der Waals surface area contributed by atoms with Gasteiger partial charge in [0.15, 0.2) is 0 Å². The Labute approximate surface area is 128 Å². The van der Waals surface area contributed by atoms with E-state index in [4.69, 9.17) is 0 Å². The van der Waals surface area contributed by atoms with Crippen molar-refractivity contribution in [3.8, 4) is 0 Å². The van der Waals surface area contributed by atoms with Crippen LogP contribution in [0, 0.1) is 0 Å². The molecule has 1 fully saturated rings. The van der Waals surface area contributed by atoms with E-state index in [0.29, 0.717) is 19.4 Å². The quantitative estimate of drug-likeness (QED) is 0.807. The van der Waals surface area contributed by atoms with Crippen molar-refractivity contribution < 1.29 is 14.7 Å². The molecular formula is C16H20N2O4. The number of carboxylic acids is 1. The summed E-state index contributed by atoms with van der Waals surface area (Å²) in [6, 6.07) is 0.865. The molecule has 1 aromatic heterocycles. The lowest BCUT2D eigenvalue weighted by Crippen LogP contribution is -2.42. The largest absolute Gasteiger partial charge is 0.480 e. The summed E-state index contributed by atoms with van der Waals surface area (Å²) in [6.45, 7) is 0.395. The topological polar surface area (TPSA) is 90.5 Å². The van der Waals surface area contributed by atoms with E-state index < -0.39 is 23.5 Å². The molecular weight excluding hydrogens is 284 g/mol. The maximum absolute atomic E-state index is 12.6. The molecule has 2 heterocycles. The highest BCUT2D eigenvalue weighted by Gasteiger charge is 2.35. The zero-order valence-electron chi connectivity index (χ0n) is 12.4. The fourth-order valence-electron chi connectivity index (χ4n) is 3.43. The van der Waals surface area contributed by atoms with Crippen LogP contribution < -0.4 is 5.56 Å². The molecule has 6 heteroatoms. The highest BCUT2D eigenvalue weighted by molar-refractivity contribution is 5.96. The standard InChI is InChI=1S/C16H20N2O4/c19-14-11(9-10-5-2-1-3-6-12(10)17-14)15(20)18-8-4-7-13(18)16(21)22/h9,13H,1-8H2,(H,17,19)(H,21,22)/t13-/m0/s1. The zero-order valence-corrected chi connectivity index (χ0v) is 12.4. The number of H-pyrrole nitrogens is 1. The molecule has 3 rings (SSSR count). The van der Waals surface area contributed by atoms with E-state index >= 15 is 0 Å². The smallest absolute Gasteiger partial charge is 0.326 e. The number of hydrogen-bond donors (Lipinski definition) is 2. The first-order valence-corrected chi connectivity index (χ1v) is 7.87. The highest BCUT2D eigenvalue weighted by Crippen LogP contribution is 2.22. The number of nitrogens with one attached hydrogen (secondary N) is 1. The summed E-state index contributed by atoms with van der Waals surface area (Å²) in [5, 5.41) is 9.20. The molecule has 0 radical (unpaired) electrons. The van der Waals surface area contributed by atoms with Crippen molar-refractivity contribution in [2.24, 2.45) is 0 Å². The number of aromatic nitrogens is 1. The van der Waals surface area contributed by atoms with E-state index in [-0.39, 0.29) is 5.56 Å². The van der Waals surface area contributed by atoms with Crippen molar-refractivity contribution in [3.05, 3.63) is 33.2 Å². The summed E-state index contributed by atoms with van der Waals surface area (Å²) in [4.78, 5) is 40.2. The summed E-state index contributed by atoms with van der Waals surface area (Å²) in [5.74, 6) is -1.46. The van der Waals surface area contributed by atoms with Gasteiger partial charge in [0.25, 0.3) is 11.5 Å². The summed E-state index contributed by atoms with van der Waals surface area (Å²) >= 11 is 0. The summed E-state index contributed by atoms with van der Waals surface area (Å²) in [6.07, 6.45) is 6.01. The molecule has 22 heavy (non-hydrogen) atoms. The maximum Gasteiger partial charge on any atom is 0.326 e. The SMILES string of the molecule is O=C(O)[C@@H]1CCCN1C(=O)c1cc2c([nH]c1=O)CCCCC2. The van der Waals surface area contributed by atoms with Crippen LogP contribution >= 0.6 is 0 Å². The van der Waals surface area contributed by atoms with Crippen molar-refractivity contribution >= 4 is 11.9 Å². The van der Waals surface area contributed by atoms with Gasteiger partial charge in [-0.2, -0.15) is 0 Å². The van der Waals surface area contributed by atoms with Crippen LogP contribution in [-0.2, 0) is 17.6 Å². The monoisotopic (exact) mass is 304 g/mol. The van der Waals surface area contributed by atoms with Crippen LogP contribution in [0.15, 0.2) is 10.9 Å². The average Bonchev–Trinajstić information content (AvgIpc) is 2.87. The Bertz CT molecular complexity index is 665. The van der Waals surface area contributed by atoms with E-state index in [1.54, 1.807) is 6.07 Å². The van der Waals surface area contributed by atoms with E-state index in [2.05, 4.69) is 4.98 Å². The summed E-state index contributed by atoms with van der Waals surface area (Å²) in [5.41, 5.74) is 1.62. The van der Waals surface area contributed by atoms with E-state index in [1.165, 1.54) is 4.90 Å². The van der Waals surface area contributed by atoms with Crippen LogP contribution in [0.5, 0.6) is 0 Å². The van der Waals surface area contributed by atoms with Crippen molar-refractivity contribution in [1.82, 2.24) is 9.88 Å². The minimum Gasteiger partial charge on any atom is -0.480 e. The summed E-state index contributed by atoms with van der Waals surface area (Å²) in [7, 11) is 0. The fourth-order valence-corrected chi connectivity index (χ4v) is 3.43. The van der Waals surface area contributed by atoms with Crippen LogP contribution in [0.3, 0.4) is 0 Å². The van der Waals surface area contributed by atoms with Crippen molar-refractivity contribution in [3.63, 3.8) is 0 Å².